The van der Waals surface area contributed by atoms with E-state index < -0.39 is 34.5 Å². The van der Waals surface area contributed by atoms with Crippen LogP contribution in [0.15, 0.2) is 23.3 Å². The first kappa shape index (κ1) is 18.0. The van der Waals surface area contributed by atoms with Gasteiger partial charge >= 0.3 is 18.0 Å². The molecule has 0 bridgehead atoms. The van der Waals surface area contributed by atoms with E-state index in [9.17, 15) is 24.6 Å². The first-order chi connectivity index (χ1) is 10.8. The van der Waals surface area contributed by atoms with E-state index in [0.717, 1.165) is 0 Å². The second kappa shape index (κ2) is 5.36. The summed E-state index contributed by atoms with van der Waals surface area (Å²) in [6, 6.07) is 0. The maximum atomic E-state index is 12.2. The first-order valence-electron chi connectivity index (χ1n) is 7.69. The molecule has 7 nitrogen and oxygen atoms in total. The summed E-state index contributed by atoms with van der Waals surface area (Å²) in [6.45, 7) is 8.47. The van der Waals surface area contributed by atoms with Crippen molar-refractivity contribution in [3.63, 3.8) is 0 Å². The minimum Gasteiger partial charge on any atom is -0.481 e. The lowest BCUT2D eigenvalue weighted by atomic mass is 9.61. The first-order valence-corrected chi connectivity index (χ1v) is 7.69. The van der Waals surface area contributed by atoms with Crippen molar-refractivity contribution in [1.82, 2.24) is 4.90 Å². The van der Waals surface area contributed by atoms with Crippen LogP contribution in [0.2, 0.25) is 0 Å². The number of aliphatic carboxylic acids is 2. The van der Waals surface area contributed by atoms with Gasteiger partial charge in [0.15, 0.2) is 0 Å². The molecule has 0 saturated carbocycles. The molecule has 1 fully saturated rings. The van der Waals surface area contributed by atoms with Crippen molar-refractivity contribution < 1.29 is 29.3 Å². The van der Waals surface area contributed by atoms with Crippen LogP contribution >= 0.6 is 0 Å². The fraction of sp³-hybridized carbons (Fsp3) is 0.588. The Bertz CT molecular complexity index is 627. The monoisotopic (exact) mass is 337 g/mol. The fourth-order valence-electron chi connectivity index (χ4n) is 2.97. The van der Waals surface area contributed by atoms with E-state index in [1.54, 1.807) is 20.8 Å². The van der Waals surface area contributed by atoms with Crippen molar-refractivity contribution in [3.8, 4) is 0 Å². The summed E-state index contributed by atoms with van der Waals surface area (Å²) < 4.78 is 5.33. The predicted octanol–water partition coefficient (Wildman–Crippen LogP) is 2.29. The lowest BCUT2D eigenvalue weighted by Crippen LogP contribution is -2.48. The van der Waals surface area contributed by atoms with Gasteiger partial charge in [-0.3, -0.25) is 14.5 Å². The number of rotatable bonds is 2. The average Bonchev–Trinajstić information content (AvgIpc) is 2.79. The van der Waals surface area contributed by atoms with E-state index >= 15 is 0 Å². The summed E-state index contributed by atoms with van der Waals surface area (Å²) in [4.78, 5) is 37.1. The van der Waals surface area contributed by atoms with Crippen molar-refractivity contribution in [3.05, 3.63) is 23.3 Å². The Morgan fingerprint density at radius 2 is 1.38 bits per heavy atom. The second-order valence-electron chi connectivity index (χ2n) is 7.69. The summed E-state index contributed by atoms with van der Waals surface area (Å²) >= 11 is 0. The number of nitrogens with zero attached hydrogens (tertiary/aromatic N) is 1. The molecule has 1 saturated heterocycles. The molecule has 1 amide bonds. The molecule has 1 aliphatic carbocycles. The number of fused-ring (bicyclic) bond motifs is 1. The number of carboxylic acids is 2. The van der Waals surface area contributed by atoms with Crippen LogP contribution in [0.25, 0.3) is 0 Å². The van der Waals surface area contributed by atoms with Crippen LogP contribution in [0.4, 0.5) is 4.79 Å². The van der Waals surface area contributed by atoms with E-state index in [2.05, 4.69) is 0 Å². The molecule has 1 aliphatic heterocycles. The van der Waals surface area contributed by atoms with Gasteiger partial charge in [0.05, 0.1) is 0 Å². The number of hydrogen-bond acceptors (Lipinski definition) is 4. The Kier molecular flexibility index (Phi) is 4.03. The summed E-state index contributed by atoms with van der Waals surface area (Å²) in [5, 5.41) is 19.2. The van der Waals surface area contributed by atoms with Gasteiger partial charge in [-0.1, -0.05) is 12.2 Å². The Morgan fingerprint density at radius 3 is 1.67 bits per heavy atom. The second-order valence-corrected chi connectivity index (χ2v) is 7.69. The number of carbonyl (C=O) groups excluding carboxylic acids is 1. The van der Waals surface area contributed by atoms with Crippen molar-refractivity contribution >= 4 is 18.0 Å². The zero-order valence-corrected chi connectivity index (χ0v) is 14.5. The minimum absolute atomic E-state index is 0.208. The highest BCUT2D eigenvalue weighted by Crippen LogP contribution is 2.49. The molecule has 2 atom stereocenters. The predicted molar refractivity (Wildman–Crippen MR) is 85.5 cm³/mol. The molecular weight excluding hydrogens is 314 g/mol. The van der Waals surface area contributed by atoms with E-state index in [1.165, 1.54) is 30.9 Å². The summed E-state index contributed by atoms with van der Waals surface area (Å²) in [5.41, 5.74) is -2.52. The zero-order valence-electron chi connectivity index (χ0n) is 14.5. The number of carbonyl (C=O) groups is 3. The molecule has 1 heterocycles. The highest BCUT2D eigenvalue weighted by Gasteiger charge is 2.56. The van der Waals surface area contributed by atoms with Gasteiger partial charge in [0, 0.05) is 13.1 Å². The highest BCUT2D eigenvalue weighted by atomic mass is 16.6. The Hall–Kier alpha value is -2.31. The summed E-state index contributed by atoms with van der Waals surface area (Å²) in [7, 11) is 0. The molecule has 2 rings (SSSR count). The largest absolute Gasteiger partial charge is 0.481 e. The molecule has 24 heavy (non-hydrogen) atoms. The van der Waals surface area contributed by atoms with Gasteiger partial charge in [-0.05, 0) is 45.8 Å². The third-order valence-electron chi connectivity index (χ3n) is 4.68. The Labute approximate surface area is 140 Å². The highest BCUT2D eigenvalue weighted by molar-refractivity contribution is 5.91. The van der Waals surface area contributed by atoms with Gasteiger partial charge in [0.1, 0.15) is 16.4 Å². The fourth-order valence-corrected chi connectivity index (χ4v) is 2.97. The molecule has 0 aromatic carbocycles. The molecule has 0 aromatic rings. The zero-order chi connectivity index (χ0) is 18.5. The maximum Gasteiger partial charge on any atom is 0.410 e. The molecule has 0 aromatic heterocycles. The Morgan fingerprint density at radius 1 is 1.00 bits per heavy atom. The van der Waals surface area contributed by atoms with E-state index in [1.807, 2.05) is 0 Å². The molecular formula is C17H23NO6. The van der Waals surface area contributed by atoms with Crippen LogP contribution in [0.5, 0.6) is 0 Å². The van der Waals surface area contributed by atoms with Crippen molar-refractivity contribution in [2.45, 2.75) is 40.2 Å². The third-order valence-corrected chi connectivity index (χ3v) is 4.68. The van der Waals surface area contributed by atoms with Crippen LogP contribution in [0, 0.1) is 10.8 Å². The average molecular weight is 337 g/mol. The van der Waals surface area contributed by atoms with E-state index in [-0.39, 0.29) is 13.1 Å². The lowest BCUT2D eigenvalue weighted by molar-refractivity contribution is -0.163. The van der Waals surface area contributed by atoms with Crippen LogP contribution in [0.1, 0.15) is 34.6 Å². The van der Waals surface area contributed by atoms with Gasteiger partial charge < -0.3 is 14.9 Å². The lowest BCUT2D eigenvalue weighted by Gasteiger charge is -2.39. The molecule has 0 radical (unpaired) electrons. The number of carboxylic acid groups (broad SMARTS) is 2. The molecule has 132 valence electrons. The molecule has 2 aliphatic rings. The van der Waals surface area contributed by atoms with Gasteiger partial charge in [0.25, 0.3) is 0 Å². The van der Waals surface area contributed by atoms with Crippen LogP contribution < -0.4 is 0 Å². The molecule has 0 spiro atoms. The summed E-state index contributed by atoms with van der Waals surface area (Å²) in [5.74, 6) is -2.43. The van der Waals surface area contributed by atoms with Gasteiger partial charge in [-0.25, -0.2) is 4.79 Å². The number of ether oxygens (including phenoxy) is 1. The van der Waals surface area contributed by atoms with Crippen LogP contribution in [0.3, 0.4) is 0 Å². The van der Waals surface area contributed by atoms with E-state index in [0.29, 0.717) is 11.1 Å². The van der Waals surface area contributed by atoms with E-state index in [4.69, 9.17) is 4.74 Å². The van der Waals surface area contributed by atoms with Crippen LogP contribution in [-0.2, 0) is 14.3 Å². The number of likely N-dealkylation sites (tertiary alicyclic amines) is 1. The molecule has 7 heteroatoms. The van der Waals surface area contributed by atoms with Gasteiger partial charge in [-0.15, -0.1) is 0 Å². The van der Waals surface area contributed by atoms with Crippen molar-refractivity contribution in [1.29, 1.82) is 0 Å². The van der Waals surface area contributed by atoms with Crippen LogP contribution in [-0.4, -0.2) is 51.8 Å². The van der Waals surface area contributed by atoms with Gasteiger partial charge in [-0.2, -0.15) is 0 Å². The quantitative estimate of drug-likeness (QED) is 0.801. The minimum atomic E-state index is -1.60. The van der Waals surface area contributed by atoms with Crippen molar-refractivity contribution in [2.24, 2.45) is 10.8 Å². The standard InChI is InChI=1S/C17H23NO6/c1-15(2,3)24-14(23)18-8-10-6-16(4,12(19)20)17(5,13(21)22)7-11(10)9-18/h6-7H,8-9H2,1-5H3,(H,19,20)(H,21,22). The third kappa shape index (κ3) is 2.79. The number of hydrogen-bond donors (Lipinski definition) is 2. The topological polar surface area (TPSA) is 104 Å². The smallest absolute Gasteiger partial charge is 0.410 e. The Balaban J connectivity index is 2.38. The molecule has 2 N–H and O–H groups in total. The maximum absolute atomic E-state index is 12.2. The normalized spacial score (nSPS) is 29.5. The molecule has 2 unspecified atom stereocenters. The SMILES string of the molecule is CC(C)(C)OC(=O)N1CC2=CC(C)(C(=O)O)C(C)(C(=O)O)C=C2C1. The number of amides is 1. The summed E-state index contributed by atoms with van der Waals surface area (Å²) in [6.07, 6.45) is 2.42. The van der Waals surface area contributed by atoms with Crippen molar-refractivity contribution in [2.75, 3.05) is 13.1 Å². The van der Waals surface area contributed by atoms with Gasteiger partial charge in [0.2, 0.25) is 0 Å².